The highest BCUT2D eigenvalue weighted by Gasteiger charge is 2.31. The average molecular weight is 549 g/mol. The van der Waals surface area contributed by atoms with Gasteiger partial charge in [-0.2, -0.15) is 0 Å². The Labute approximate surface area is 230 Å². The molecule has 0 radical (unpaired) electrons. The third-order valence-electron chi connectivity index (χ3n) is 7.42. The second-order valence-corrected chi connectivity index (χ2v) is 10.4. The largest absolute Gasteiger partial charge is 0.341 e. The van der Waals surface area contributed by atoms with Crippen LogP contribution in [0.15, 0.2) is 48.8 Å². The molecule has 0 atom stereocenters. The number of carbonyl (C=O) groups is 4. The number of rotatable bonds is 6. The van der Waals surface area contributed by atoms with Crippen LogP contribution in [0.5, 0.6) is 0 Å². The molecule has 1 saturated carbocycles. The lowest BCUT2D eigenvalue weighted by atomic mass is 10.1. The Morgan fingerprint density at radius 2 is 1.30 bits per heavy atom. The van der Waals surface area contributed by atoms with Crippen LogP contribution >= 0.6 is 0 Å². The van der Waals surface area contributed by atoms with E-state index in [0.29, 0.717) is 55.6 Å². The second-order valence-electron chi connectivity index (χ2n) is 10.4. The zero-order valence-electron chi connectivity index (χ0n) is 22.2. The van der Waals surface area contributed by atoms with Gasteiger partial charge in [-0.05, 0) is 43.4 Å². The molecule has 3 aromatic rings. The summed E-state index contributed by atoms with van der Waals surface area (Å²) in [6, 6.07) is 11.1. The number of carbonyl (C=O) groups excluding carboxylic acids is 4. The summed E-state index contributed by atoms with van der Waals surface area (Å²) in [5, 5.41) is 17.3. The summed E-state index contributed by atoms with van der Waals surface area (Å²) in [7, 11) is 0. The highest BCUT2D eigenvalue weighted by atomic mass is 16.5. The SMILES string of the molecule is Cc1ccc(CN2CCn3cc(C(=O)NO)cc3C2=O)cc1.O=C(NO)c1cc2n(c1)CCN(CC1CC1)C2=O. The van der Waals surface area contributed by atoms with E-state index in [1.165, 1.54) is 30.5 Å². The smallest absolute Gasteiger partial charge is 0.276 e. The van der Waals surface area contributed by atoms with E-state index in [1.54, 1.807) is 37.4 Å². The number of hydrogen-bond acceptors (Lipinski definition) is 6. The lowest BCUT2D eigenvalue weighted by molar-refractivity contribution is 0.0686. The van der Waals surface area contributed by atoms with E-state index in [0.717, 1.165) is 12.1 Å². The van der Waals surface area contributed by atoms with E-state index in [2.05, 4.69) is 0 Å². The van der Waals surface area contributed by atoms with E-state index in [-0.39, 0.29) is 17.4 Å². The molecule has 12 nitrogen and oxygen atoms in total. The molecule has 3 aliphatic rings. The Morgan fingerprint density at radius 1 is 0.800 bits per heavy atom. The van der Waals surface area contributed by atoms with Gasteiger partial charge in [-0.3, -0.25) is 29.6 Å². The molecule has 4 heterocycles. The number of fused-ring (bicyclic) bond motifs is 2. The summed E-state index contributed by atoms with van der Waals surface area (Å²) >= 11 is 0. The maximum absolute atomic E-state index is 12.5. The van der Waals surface area contributed by atoms with Crippen molar-refractivity contribution in [1.82, 2.24) is 29.9 Å². The molecular weight excluding hydrogens is 516 g/mol. The summed E-state index contributed by atoms with van der Waals surface area (Å²) in [5.74, 6) is -0.664. The molecular formula is C28H32N6O6. The Morgan fingerprint density at radius 3 is 1.80 bits per heavy atom. The van der Waals surface area contributed by atoms with Crippen molar-refractivity contribution < 1.29 is 29.6 Å². The molecule has 1 aromatic carbocycles. The number of aryl methyl sites for hydroxylation is 1. The number of nitrogens with zero attached hydrogens (tertiary/aromatic N) is 4. The summed E-state index contributed by atoms with van der Waals surface area (Å²) in [6.45, 7) is 6.01. The van der Waals surface area contributed by atoms with Crippen LogP contribution in [0.25, 0.3) is 0 Å². The van der Waals surface area contributed by atoms with Gasteiger partial charge in [0, 0.05) is 51.7 Å². The van der Waals surface area contributed by atoms with Gasteiger partial charge in [-0.25, -0.2) is 11.0 Å². The summed E-state index contributed by atoms with van der Waals surface area (Å²) in [5.41, 5.74) is 7.02. The van der Waals surface area contributed by atoms with Gasteiger partial charge in [0.2, 0.25) is 0 Å². The van der Waals surface area contributed by atoms with Crippen LogP contribution < -0.4 is 11.0 Å². The van der Waals surface area contributed by atoms with Crippen molar-refractivity contribution >= 4 is 23.6 Å². The van der Waals surface area contributed by atoms with Crippen molar-refractivity contribution in [3.8, 4) is 0 Å². The van der Waals surface area contributed by atoms with Crippen LogP contribution in [0.1, 0.15) is 65.7 Å². The first-order chi connectivity index (χ1) is 19.3. The second kappa shape index (κ2) is 11.4. The fourth-order valence-electron chi connectivity index (χ4n) is 4.96. The summed E-state index contributed by atoms with van der Waals surface area (Å²) < 4.78 is 3.52. The zero-order valence-corrected chi connectivity index (χ0v) is 22.2. The number of hydroxylamine groups is 2. The van der Waals surface area contributed by atoms with Gasteiger partial charge in [-0.15, -0.1) is 0 Å². The number of benzene rings is 1. The molecule has 2 aliphatic heterocycles. The van der Waals surface area contributed by atoms with Crippen LogP contribution in [0.4, 0.5) is 0 Å². The van der Waals surface area contributed by atoms with Crippen LogP contribution in [0.2, 0.25) is 0 Å². The van der Waals surface area contributed by atoms with Crippen LogP contribution in [-0.4, -0.2) is 72.6 Å². The molecule has 4 N–H and O–H groups in total. The normalized spacial score (nSPS) is 16.1. The first-order valence-corrected chi connectivity index (χ1v) is 13.2. The molecule has 2 aromatic heterocycles. The topological polar surface area (TPSA) is 149 Å². The summed E-state index contributed by atoms with van der Waals surface area (Å²) in [6.07, 6.45) is 5.61. The summed E-state index contributed by atoms with van der Waals surface area (Å²) in [4.78, 5) is 51.1. The Hall–Kier alpha value is -4.42. The van der Waals surface area contributed by atoms with Crippen molar-refractivity contribution in [3.05, 3.63) is 82.4 Å². The lowest BCUT2D eigenvalue weighted by Crippen LogP contribution is -2.40. The van der Waals surface area contributed by atoms with Crippen molar-refractivity contribution in [1.29, 1.82) is 0 Å². The first-order valence-electron chi connectivity index (χ1n) is 13.2. The number of amides is 4. The molecule has 0 spiro atoms. The molecule has 4 amide bonds. The molecule has 1 aliphatic carbocycles. The molecule has 0 unspecified atom stereocenters. The van der Waals surface area contributed by atoms with E-state index < -0.39 is 11.8 Å². The van der Waals surface area contributed by atoms with E-state index in [1.807, 2.05) is 36.1 Å². The Kier molecular flexibility index (Phi) is 7.71. The lowest BCUT2D eigenvalue weighted by Gasteiger charge is -2.28. The third kappa shape index (κ3) is 5.77. The van der Waals surface area contributed by atoms with Crippen molar-refractivity contribution in [2.45, 2.75) is 39.4 Å². The minimum atomic E-state index is -0.611. The van der Waals surface area contributed by atoms with Crippen LogP contribution in [0.3, 0.4) is 0 Å². The third-order valence-corrected chi connectivity index (χ3v) is 7.42. The van der Waals surface area contributed by atoms with Crippen LogP contribution in [0, 0.1) is 12.8 Å². The van der Waals surface area contributed by atoms with E-state index in [4.69, 9.17) is 10.4 Å². The van der Waals surface area contributed by atoms with E-state index in [9.17, 15) is 19.2 Å². The van der Waals surface area contributed by atoms with Gasteiger partial charge in [0.15, 0.2) is 0 Å². The minimum absolute atomic E-state index is 0.0230. The molecule has 6 rings (SSSR count). The predicted molar refractivity (Wildman–Crippen MR) is 142 cm³/mol. The highest BCUT2D eigenvalue weighted by molar-refractivity contribution is 6.00. The van der Waals surface area contributed by atoms with Crippen molar-refractivity contribution in [2.24, 2.45) is 5.92 Å². The molecule has 210 valence electrons. The fraction of sp³-hybridized carbons (Fsp3) is 0.357. The van der Waals surface area contributed by atoms with Gasteiger partial charge in [0.25, 0.3) is 23.6 Å². The predicted octanol–water partition coefficient (Wildman–Crippen LogP) is 2.04. The Bertz CT molecular complexity index is 1440. The van der Waals surface area contributed by atoms with Crippen LogP contribution in [-0.2, 0) is 19.6 Å². The van der Waals surface area contributed by atoms with Gasteiger partial charge >= 0.3 is 0 Å². The number of hydrogen-bond donors (Lipinski definition) is 4. The minimum Gasteiger partial charge on any atom is -0.341 e. The number of aromatic nitrogens is 2. The fourth-order valence-corrected chi connectivity index (χ4v) is 4.96. The zero-order chi connectivity index (χ0) is 28.4. The molecule has 40 heavy (non-hydrogen) atoms. The Balaban J connectivity index is 0.000000164. The maximum Gasteiger partial charge on any atom is 0.276 e. The first kappa shape index (κ1) is 27.2. The van der Waals surface area contributed by atoms with Crippen molar-refractivity contribution in [3.63, 3.8) is 0 Å². The van der Waals surface area contributed by atoms with Gasteiger partial charge in [0.05, 0.1) is 11.1 Å². The highest BCUT2D eigenvalue weighted by Crippen LogP contribution is 2.31. The monoisotopic (exact) mass is 548 g/mol. The van der Waals surface area contributed by atoms with E-state index >= 15 is 0 Å². The molecule has 12 heteroatoms. The quantitative estimate of drug-likeness (QED) is 0.274. The van der Waals surface area contributed by atoms with Gasteiger partial charge in [-0.1, -0.05) is 29.8 Å². The van der Waals surface area contributed by atoms with Gasteiger partial charge in [0.1, 0.15) is 11.4 Å². The standard InChI is InChI=1S/C16H17N3O3.C12H15N3O3/c1-11-2-4-12(5-3-11)9-19-7-6-18-10-13(15(20)17-22)8-14(18)16(19)21;16-11(13-18)9-5-10-12(17)15(6-8-1-2-8)4-3-14(10)7-9/h2-5,8,10,22H,6-7,9H2,1H3,(H,17,20);5,7-8,18H,1-4,6H2,(H,13,16). The average Bonchev–Trinajstić information content (AvgIpc) is 3.49. The number of nitrogens with one attached hydrogen (secondary N) is 2. The maximum atomic E-state index is 12.5. The van der Waals surface area contributed by atoms with Gasteiger partial charge < -0.3 is 18.9 Å². The molecule has 1 fully saturated rings. The molecule has 0 bridgehead atoms. The molecule has 0 saturated heterocycles. The van der Waals surface area contributed by atoms with Crippen molar-refractivity contribution in [2.75, 3.05) is 19.6 Å².